The molecule has 0 aliphatic heterocycles. The van der Waals surface area contributed by atoms with Gasteiger partial charge in [0.15, 0.2) is 0 Å². The standard InChI is InChI=1S/C26H36ClN3O4S/c1-20(2)19-28-26(32)21(3)29(18-16-22-9-6-5-7-10-22)25(31)11-8-17-30(35(4,33)34)24-14-12-23(27)13-15-24/h5-7,9-10,12-15,20-21H,8,11,16-19H2,1-4H3,(H,28,32)/t21-/m1/s1. The van der Waals surface area contributed by atoms with Gasteiger partial charge in [0.25, 0.3) is 0 Å². The first-order valence-electron chi connectivity index (χ1n) is 11.8. The van der Waals surface area contributed by atoms with E-state index in [0.717, 1.165) is 11.8 Å². The molecule has 1 atom stereocenters. The molecule has 0 saturated heterocycles. The fraction of sp³-hybridized carbons (Fsp3) is 0.462. The van der Waals surface area contributed by atoms with Crippen LogP contribution in [0.2, 0.25) is 5.02 Å². The lowest BCUT2D eigenvalue weighted by Crippen LogP contribution is -2.49. The van der Waals surface area contributed by atoms with Crippen molar-refractivity contribution in [3.8, 4) is 0 Å². The summed E-state index contributed by atoms with van der Waals surface area (Å²) in [5.74, 6) is -0.0776. The maximum Gasteiger partial charge on any atom is 0.242 e. The topological polar surface area (TPSA) is 86.8 Å². The van der Waals surface area contributed by atoms with Gasteiger partial charge in [-0.2, -0.15) is 0 Å². The average Bonchev–Trinajstić information content (AvgIpc) is 2.81. The van der Waals surface area contributed by atoms with Gasteiger partial charge in [0.05, 0.1) is 11.9 Å². The Balaban J connectivity index is 2.09. The van der Waals surface area contributed by atoms with Gasteiger partial charge in [0, 0.05) is 31.1 Å². The van der Waals surface area contributed by atoms with Gasteiger partial charge >= 0.3 is 0 Å². The summed E-state index contributed by atoms with van der Waals surface area (Å²) < 4.78 is 26.0. The molecule has 0 bridgehead atoms. The molecule has 35 heavy (non-hydrogen) atoms. The van der Waals surface area contributed by atoms with Gasteiger partial charge in [-0.3, -0.25) is 13.9 Å². The lowest BCUT2D eigenvalue weighted by molar-refractivity contribution is -0.140. The number of sulfonamides is 1. The van der Waals surface area contributed by atoms with Crippen LogP contribution < -0.4 is 9.62 Å². The van der Waals surface area contributed by atoms with E-state index in [1.54, 1.807) is 36.1 Å². The molecule has 2 amide bonds. The van der Waals surface area contributed by atoms with Crippen molar-refractivity contribution in [3.63, 3.8) is 0 Å². The molecule has 2 aromatic rings. The Labute approximate surface area is 214 Å². The van der Waals surface area contributed by atoms with E-state index in [2.05, 4.69) is 5.32 Å². The molecule has 2 rings (SSSR count). The van der Waals surface area contributed by atoms with Crippen LogP contribution in [0.15, 0.2) is 54.6 Å². The molecule has 0 heterocycles. The van der Waals surface area contributed by atoms with Crippen molar-refractivity contribution in [3.05, 3.63) is 65.2 Å². The van der Waals surface area contributed by atoms with Crippen molar-refractivity contribution in [1.82, 2.24) is 10.2 Å². The Kier molecular flexibility index (Phi) is 11.0. The number of nitrogens with one attached hydrogen (secondary N) is 1. The molecule has 0 aromatic heterocycles. The van der Waals surface area contributed by atoms with Gasteiger partial charge in [0.2, 0.25) is 21.8 Å². The van der Waals surface area contributed by atoms with Gasteiger partial charge in [-0.05, 0) is 55.5 Å². The fourth-order valence-corrected chi connectivity index (χ4v) is 4.73. The van der Waals surface area contributed by atoms with Crippen LogP contribution in [0, 0.1) is 5.92 Å². The third kappa shape index (κ3) is 9.53. The van der Waals surface area contributed by atoms with Gasteiger partial charge in [0.1, 0.15) is 6.04 Å². The number of hydrogen-bond acceptors (Lipinski definition) is 4. The van der Waals surface area contributed by atoms with Crippen LogP contribution >= 0.6 is 11.6 Å². The van der Waals surface area contributed by atoms with E-state index >= 15 is 0 Å². The van der Waals surface area contributed by atoms with E-state index < -0.39 is 16.1 Å². The largest absolute Gasteiger partial charge is 0.354 e. The van der Waals surface area contributed by atoms with E-state index in [-0.39, 0.29) is 24.8 Å². The summed E-state index contributed by atoms with van der Waals surface area (Å²) in [6.07, 6.45) is 2.19. The van der Waals surface area contributed by atoms with Crippen LogP contribution in [-0.4, -0.2) is 57.1 Å². The molecule has 2 aromatic carbocycles. The zero-order valence-electron chi connectivity index (χ0n) is 20.9. The number of amides is 2. The molecule has 192 valence electrons. The Morgan fingerprint density at radius 3 is 2.17 bits per heavy atom. The van der Waals surface area contributed by atoms with Crippen molar-refractivity contribution in [2.45, 2.75) is 46.1 Å². The summed E-state index contributed by atoms with van der Waals surface area (Å²) in [4.78, 5) is 27.5. The lowest BCUT2D eigenvalue weighted by Gasteiger charge is -2.29. The number of carbonyl (C=O) groups is 2. The third-order valence-corrected chi connectivity index (χ3v) is 7.05. The Bertz CT molecular complexity index is 1060. The second-order valence-electron chi connectivity index (χ2n) is 9.05. The van der Waals surface area contributed by atoms with E-state index in [1.807, 2.05) is 44.2 Å². The molecule has 0 aliphatic rings. The fourth-order valence-electron chi connectivity index (χ4n) is 3.63. The van der Waals surface area contributed by atoms with Gasteiger partial charge in [-0.25, -0.2) is 8.42 Å². The smallest absolute Gasteiger partial charge is 0.242 e. The lowest BCUT2D eigenvalue weighted by atomic mass is 10.1. The normalized spacial score (nSPS) is 12.3. The molecule has 1 N–H and O–H groups in total. The Morgan fingerprint density at radius 2 is 1.60 bits per heavy atom. The number of hydrogen-bond donors (Lipinski definition) is 1. The average molecular weight is 522 g/mol. The maximum atomic E-state index is 13.2. The number of benzene rings is 2. The minimum atomic E-state index is -3.54. The predicted molar refractivity (Wildman–Crippen MR) is 142 cm³/mol. The highest BCUT2D eigenvalue weighted by molar-refractivity contribution is 7.92. The molecule has 0 spiro atoms. The summed E-state index contributed by atoms with van der Waals surface area (Å²) in [7, 11) is -3.54. The molecular formula is C26H36ClN3O4S. The van der Waals surface area contributed by atoms with Crippen molar-refractivity contribution < 1.29 is 18.0 Å². The molecule has 0 saturated carbocycles. The minimum absolute atomic E-state index is 0.121. The van der Waals surface area contributed by atoms with Crippen molar-refractivity contribution in [1.29, 1.82) is 0 Å². The molecule has 0 radical (unpaired) electrons. The van der Waals surface area contributed by atoms with Crippen LogP contribution in [0.3, 0.4) is 0 Å². The first kappa shape index (κ1) is 28.7. The van der Waals surface area contributed by atoms with Crippen LogP contribution in [-0.2, 0) is 26.0 Å². The zero-order chi connectivity index (χ0) is 26.0. The molecule has 7 nitrogen and oxygen atoms in total. The first-order valence-corrected chi connectivity index (χ1v) is 14.1. The second kappa shape index (κ2) is 13.5. The number of rotatable bonds is 13. The number of halogens is 1. The van der Waals surface area contributed by atoms with Gasteiger partial charge < -0.3 is 10.2 Å². The van der Waals surface area contributed by atoms with Gasteiger partial charge in [-0.15, -0.1) is 0 Å². The first-order chi connectivity index (χ1) is 16.5. The second-order valence-corrected chi connectivity index (χ2v) is 11.4. The van der Waals surface area contributed by atoms with E-state index in [9.17, 15) is 18.0 Å². The summed E-state index contributed by atoms with van der Waals surface area (Å²) >= 11 is 5.93. The van der Waals surface area contributed by atoms with Crippen LogP contribution in [0.25, 0.3) is 0 Å². The Hall–Kier alpha value is -2.58. The van der Waals surface area contributed by atoms with E-state index in [0.29, 0.717) is 42.6 Å². The Morgan fingerprint density at radius 1 is 0.971 bits per heavy atom. The highest BCUT2D eigenvalue weighted by atomic mass is 35.5. The van der Waals surface area contributed by atoms with Crippen molar-refractivity contribution in [2.75, 3.05) is 30.2 Å². The quantitative estimate of drug-likeness (QED) is 0.429. The monoisotopic (exact) mass is 521 g/mol. The molecule has 0 fully saturated rings. The summed E-state index contributed by atoms with van der Waals surface area (Å²) in [6.45, 7) is 6.83. The zero-order valence-corrected chi connectivity index (χ0v) is 22.5. The summed E-state index contributed by atoms with van der Waals surface area (Å²) in [6, 6.07) is 15.7. The van der Waals surface area contributed by atoms with Crippen LogP contribution in [0.1, 0.15) is 39.2 Å². The summed E-state index contributed by atoms with van der Waals surface area (Å²) in [5, 5.41) is 3.41. The highest BCUT2D eigenvalue weighted by Crippen LogP contribution is 2.21. The third-order valence-electron chi connectivity index (χ3n) is 5.60. The summed E-state index contributed by atoms with van der Waals surface area (Å²) in [5.41, 5.74) is 1.57. The maximum absolute atomic E-state index is 13.2. The van der Waals surface area contributed by atoms with Gasteiger partial charge in [-0.1, -0.05) is 55.8 Å². The molecule has 0 unspecified atom stereocenters. The van der Waals surface area contributed by atoms with Crippen LogP contribution in [0.4, 0.5) is 5.69 Å². The number of anilines is 1. The minimum Gasteiger partial charge on any atom is -0.354 e. The van der Waals surface area contributed by atoms with Crippen molar-refractivity contribution >= 4 is 39.1 Å². The van der Waals surface area contributed by atoms with Crippen LogP contribution in [0.5, 0.6) is 0 Å². The highest BCUT2D eigenvalue weighted by Gasteiger charge is 2.26. The molecule has 0 aliphatic carbocycles. The van der Waals surface area contributed by atoms with E-state index in [4.69, 9.17) is 11.6 Å². The van der Waals surface area contributed by atoms with Crippen molar-refractivity contribution in [2.24, 2.45) is 5.92 Å². The number of nitrogens with zero attached hydrogens (tertiary/aromatic N) is 2. The van der Waals surface area contributed by atoms with E-state index in [1.165, 1.54) is 4.31 Å². The molecule has 9 heteroatoms. The number of carbonyl (C=O) groups excluding carboxylic acids is 2. The molecular weight excluding hydrogens is 486 g/mol. The SMILES string of the molecule is CC(C)CNC(=O)[C@@H](C)N(CCc1ccccc1)C(=O)CCCN(c1ccc(Cl)cc1)S(C)(=O)=O. The predicted octanol–water partition coefficient (Wildman–Crippen LogP) is 4.12.